The van der Waals surface area contributed by atoms with Gasteiger partial charge in [0, 0.05) is 29.9 Å². The van der Waals surface area contributed by atoms with E-state index < -0.39 is 47.6 Å². The van der Waals surface area contributed by atoms with Crippen LogP contribution in [-0.2, 0) is 11.8 Å². The van der Waals surface area contributed by atoms with Gasteiger partial charge in [0.05, 0.1) is 18.4 Å². The summed E-state index contributed by atoms with van der Waals surface area (Å²) in [5, 5.41) is 6.71. The standard InChI is InChI=1S/C21H20F4N6O2/c1-10(22)18-9-33-21(32)31(18)19-17(25)7-26-20(29-19)28-11(2)13-4-16(24)14(5-15(13)23)12-6-27-30(3)8-12/h4-8,10-11,18H,9H2,1-3H3,(H,26,28,29)/t10-,11-,18?/m0/s1. The molecule has 1 aliphatic heterocycles. The van der Waals surface area contributed by atoms with Crippen LogP contribution < -0.4 is 10.2 Å². The molecule has 0 aliphatic carbocycles. The highest BCUT2D eigenvalue weighted by atomic mass is 19.1. The van der Waals surface area contributed by atoms with E-state index in [0.29, 0.717) is 5.56 Å². The molecule has 1 N–H and O–H groups in total. The Hall–Kier alpha value is -3.70. The highest BCUT2D eigenvalue weighted by Gasteiger charge is 2.40. The lowest BCUT2D eigenvalue weighted by Gasteiger charge is -2.22. The van der Waals surface area contributed by atoms with Crippen LogP contribution in [0, 0.1) is 17.5 Å². The van der Waals surface area contributed by atoms with Crippen molar-refractivity contribution in [3.63, 3.8) is 0 Å². The van der Waals surface area contributed by atoms with E-state index in [1.807, 2.05) is 0 Å². The number of ether oxygens (including phenoxy) is 1. The Morgan fingerprint density at radius 3 is 2.58 bits per heavy atom. The average Bonchev–Trinajstić information content (AvgIpc) is 3.36. The van der Waals surface area contributed by atoms with Crippen LogP contribution in [-0.4, -0.2) is 44.7 Å². The third-order valence-corrected chi connectivity index (χ3v) is 5.30. The van der Waals surface area contributed by atoms with Gasteiger partial charge < -0.3 is 10.1 Å². The number of halogens is 4. The molecule has 12 heteroatoms. The number of aromatic nitrogens is 4. The number of alkyl halides is 1. The van der Waals surface area contributed by atoms with Gasteiger partial charge in [-0.25, -0.2) is 32.2 Å². The van der Waals surface area contributed by atoms with Crippen molar-refractivity contribution >= 4 is 17.9 Å². The van der Waals surface area contributed by atoms with Crippen LogP contribution in [0.4, 0.5) is 34.1 Å². The number of aryl methyl sites for hydroxylation is 1. The zero-order chi connectivity index (χ0) is 23.9. The van der Waals surface area contributed by atoms with Gasteiger partial charge in [0.15, 0.2) is 11.6 Å². The average molecular weight is 464 g/mol. The van der Waals surface area contributed by atoms with Crippen LogP contribution in [0.3, 0.4) is 0 Å². The summed E-state index contributed by atoms with van der Waals surface area (Å²) in [5.74, 6) is -2.95. The molecule has 0 spiro atoms. The molecule has 4 rings (SSSR count). The first kappa shape index (κ1) is 22.5. The van der Waals surface area contributed by atoms with E-state index in [1.54, 1.807) is 13.2 Å². The monoisotopic (exact) mass is 464 g/mol. The summed E-state index contributed by atoms with van der Waals surface area (Å²) in [7, 11) is 1.66. The molecule has 174 valence electrons. The fourth-order valence-electron chi connectivity index (χ4n) is 3.56. The molecule has 1 fully saturated rings. The van der Waals surface area contributed by atoms with Crippen LogP contribution in [0.5, 0.6) is 0 Å². The topological polar surface area (TPSA) is 85.2 Å². The lowest BCUT2D eigenvalue weighted by atomic mass is 10.0. The number of benzene rings is 1. The van der Waals surface area contributed by atoms with Crippen molar-refractivity contribution in [3.8, 4) is 11.1 Å². The first-order valence-corrected chi connectivity index (χ1v) is 10.0. The number of anilines is 2. The number of hydrogen-bond acceptors (Lipinski definition) is 6. The van der Waals surface area contributed by atoms with Crippen molar-refractivity contribution < 1.29 is 27.1 Å². The Morgan fingerprint density at radius 2 is 1.91 bits per heavy atom. The minimum atomic E-state index is -1.50. The number of rotatable bonds is 6. The molecule has 0 bridgehead atoms. The lowest BCUT2D eigenvalue weighted by molar-refractivity contribution is 0.174. The van der Waals surface area contributed by atoms with E-state index in [9.17, 15) is 22.4 Å². The molecule has 3 aromatic rings. The summed E-state index contributed by atoms with van der Waals surface area (Å²) in [4.78, 5) is 20.6. The van der Waals surface area contributed by atoms with Crippen LogP contribution in [0.1, 0.15) is 25.5 Å². The van der Waals surface area contributed by atoms with Gasteiger partial charge >= 0.3 is 6.09 Å². The van der Waals surface area contributed by atoms with Gasteiger partial charge in [-0.1, -0.05) is 0 Å². The summed E-state index contributed by atoms with van der Waals surface area (Å²) in [6.45, 7) is 2.49. The van der Waals surface area contributed by atoms with Gasteiger partial charge in [0.25, 0.3) is 0 Å². The largest absolute Gasteiger partial charge is 0.447 e. The maximum atomic E-state index is 14.8. The fourth-order valence-corrected chi connectivity index (χ4v) is 3.56. The van der Waals surface area contributed by atoms with E-state index in [1.165, 1.54) is 24.7 Å². The summed E-state index contributed by atoms with van der Waals surface area (Å²) in [5.41, 5.74) is 0.447. The van der Waals surface area contributed by atoms with Gasteiger partial charge in [-0.2, -0.15) is 10.1 Å². The second-order valence-electron chi connectivity index (χ2n) is 7.68. The van der Waals surface area contributed by atoms with Gasteiger partial charge in [0.1, 0.15) is 30.5 Å². The van der Waals surface area contributed by atoms with Gasteiger partial charge in [0.2, 0.25) is 5.95 Å². The number of carbonyl (C=O) groups excluding carboxylic acids is 1. The maximum absolute atomic E-state index is 14.8. The molecule has 3 atom stereocenters. The summed E-state index contributed by atoms with van der Waals surface area (Å²) >= 11 is 0. The molecule has 1 saturated heterocycles. The third-order valence-electron chi connectivity index (χ3n) is 5.30. The molecule has 8 nitrogen and oxygen atoms in total. The molecule has 33 heavy (non-hydrogen) atoms. The minimum absolute atomic E-state index is 0.0227. The summed E-state index contributed by atoms with van der Waals surface area (Å²) < 4.78 is 64.1. The number of hydrogen-bond donors (Lipinski definition) is 1. The first-order valence-electron chi connectivity index (χ1n) is 10.0. The predicted octanol–water partition coefficient (Wildman–Crippen LogP) is 4.15. The van der Waals surface area contributed by atoms with Crippen molar-refractivity contribution in [1.82, 2.24) is 19.7 Å². The molecule has 1 amide bonds. The normalized spacial score (nSPS) is 17.7. The van der Waals surface area contributed by atoms with Crippen molar-refractivity contribution in [2.75, 3.05) is 16.8 Å². The zero-order valence-corrected chi connectivity index (χ0v) is 17.9. The predicted molar refractivity (Wildman–Crippen MR) is 111 cm³/mol. The Bertz CT molecular complexity index is 1200. The molecule has 0 radical (unpaired) electrons. The molecular formula is C21H20F4N6O2. The quantitative estimate of drug-likeness (QED) is 0.552. The Morgan fingerprint density at radius 1 is 1.15 bits per heavy atom. The SMILES string of the molecule is C[C@H](Nc1ncc(F)c(N2C(=O)OCC2[C@H](C)F)n1)c1cc(F)c(-c2cnn(C)c2)cc1F. The number of nitrogens with one attached hydrogen (secondary N) is 1. The number of nitrogens with zero attached hydrogens (tertiary/aromatic N) is 5. The van der Waals surface area contributed by atoms with Crippen LogP contribution in [0.2, 0.25) is 0 Å². The summed E-state index contributed by atoms with van der Waals surface area (Å²) in [6, 6.07) is 0.212. The Kier molecular flexibility index (Phi) is 5.91. The van der Waals surface area contributed by atoms with Crippen LogP contribution in [0.15, 0.2) is 30.7 Å². The van der Waals surface area contributed by atoms with E-state index in [2.05, 4.69) is 20.4 Å². The van der Waals surface area contributed by atoms with Gasteiger partial charge in [-0.05, 0) is 26.0 Å². The van der Waals surface area contributed by atoms with Crippen molar-refractivity contribution in [2.24, 2.45) is 7.05 Å². The number of carbonyl (C=O) groups is 1. The number of amides is 1. The van der Waals surface area contributed by atoms with Crippen molar-refractivity contribution in [2.45, 2.75) is 32.1 Å². The fraction of sp³-hybridized carbons (Fsp3) is 0.333. The Balaban J connectivity index is 1.60. The summed E-state index contributed by atoms with van der Waals surface area (Å²) in [6.07, 6.45) is 1.33. The minimum Gasteiger partial charge on any atom is -0.447 e. The van der Waals surface area contributed by atoms with E-state index in [-0.39, 0.29) is 23.7 Å². The van der Waals surface area contributed by atoms with E-state index >= 15 is 0 Å². The van der Waals surface area contributed by atoms with Gasteiger partial charge in [-0.15, -0.1) is 0 Å². The highest BCUT2D eigenvalue weighted by Crippen LogP contribution is 2.31. The van der Waals surface area contributed by atoms with Crippen molar-refractivity contribution in [3.05, 3.63) is 53.7 Å². The smallest absolute Gasteiger partial charge is 0.416 e. The molecule has 1 aliphatic rings. The van der Waals surface area contributed by atoms with Crippen molar-refractivity contribution in [1.29, 1.82) is 0 Å². The third kappa shape index (κ3) is 4.32. The van der Waals surface area contributed by atoms with Gasteiger partial charge in [-0.3, -0.25) is 4.68 Å². The number of cyclic esters (lactones) is 1. The second kappa shape index (κ2) is 8.68. The highest BCUT2D eigenvalue weighted by molar-refractivity contribution is 5.89. The Labute approximate surface area is 186 Å². The molecule has 1 unspecified atom stereocenters. The molecular weight excluding hydrogens is 444 g/mol. The maximum Gasteiger partial charge on any atom is 0.416 e. The first-order chi connectivity index (χ1) is 15.7. The van der Waals surface area contributed by atoms with Crippen LogP contribution in [0.25, 0.3) is 11.1 Å². The molecule has 2 aromatic heterocycles. The molecule has 0 saturated carbocycles. The van der Waals surface area contributed by atoms with E-state index in [4.69, 9.17) is 4.74 Å². The second-order valence-corrected chi connectivity index (χ2v) is 7.68. The molecule has 3 heterocycles. The van der Waals surface area contributed by atoms with E-state index in [0.717, 1.165) is 23.2 Å². The zero-order valence-electron chi connectivity index (χ0n) is 17.9. The lowest BCUT2D eigenvalue weighted by Crippen LogP contribution is -2.40. The van der Waals surface area contributed by atoms with Crippen LogP contribution >= 0.6 is 0 Å². The molecule has 1 aromatic carbocycles.